The summed E-state index contributed by atoms with van der Waals surface area (Å²) < 4.78 is 30.6. The van der Waals surface area contributed by atoms with Crippen molar-refractivity contribution in [1.82, 2.24) is 4.98 Å². The van der Waals surface area contributed by atoms with Crippen molar-refractivity contribution >= 4 is 43.9 Å². The summed E-state index contributed by atoms with van der Waals surface area (Å²) in [6.45, 7) is 0. The topological polar surface area (TPSA) is 56.3 Å². The Labute approximate surface area is 143 Å². The molecule has 0 atom stereocenters. The van der Waals surface area contributed by atoms with Gasteiger partial charge in [0.1, 0.15) is 10.6 Å². The Balaban J connectivity index is 2.17. The van der Waals surface area contributed by atoms with Crippen LogP contribution in [0.25, 0.3) is 10.9 Å². The zero-order chi connectivity index (χ0) is 16.6. The van der Waals surface area contributed by atoms with E-state index in [1.54, 1.807) is 30.3 Å². The Morgan fingerprint density at radius 2 is 1.74 bits per heavy atom. The summed E-state index contributed by atoms with van der Waals surface area (Å²) >= 11 is 12.2. The number of sulfone groups is 1. The molecule has 0 radical (unpaired) electrons. The number of rotatable bonds is 3. The molecule has 1 aromatic heterocycles. The molecule has 2 aromatic carbocycles. The first-order valence-corrected chi connectivity index (χ1v) is 8.80. The van der Waals surface area contributed by atoms with Gasteiger partial charge in [-0.15, -0.1) is 0 Å². The lowest BCUT2D eigenvalue weighted by molar-refractivity contribution is 0.414. The molecule has 0 aliphatic heterocycles. The highest BCUT2D eigenvalue weighted by Crippen LogP contribution is 2.33. The third-order valence-electron chi connectivity index (χ3n) is 3.39. The van der Waals surface area contributed by atoms with Crippen LogP contribution in [0.2, 0.25) is 10.0 Å². The van der Waals surface area contributed by atoms with Crippen LogP contribution in [0.15, 0.2) is 58.5 Å². The monoisotopic (exact) mass is 367 g/mol. The molecule has 0 spiro atoms. The number of hydrogen-bond donors (Lipinski definition) is 0. The summed E-state index contributed by atoms with van der Waals surface area (Å²) in [5.41, 5.74) is 0.538. The molecule has 0 N–H and O–H groups in total. The van der Waals surface area contributed by atoms with Crippen LogP contribution in [0, 0.1) is 0 Å². The van der Waals surface area contributed by atoms with E-state index in [0.29, 0.717) is 21.7 Å². The van der Waals surface area contributed by atoms with Crippen molar-refractivity contribution in [1.29, 1.82) is 0 Å². The average Bonchev–Trinajstić information content (AvgIpc) is 2.54. The molecular formula is C16H11Cl2NO3S. The van der Waals surface area contributed by atoms with Crippen LogP contribution in [0.3, 0.4) is 0 Å². The highest BCUT2D eigenvalue weighted by molar-refractivity contribution is 7.91. The van der Waals surface area contributed by atoms with Crippen molar-refractivity contribution < 1.29 is 13.2 Å². The van der Waals surface area contributed by atoms with Gasteiger partial charge in [0.05, 0.1) is 22.5 Å². The zero-order valence-electron chi connectivity index (χ0n) is 12.0. The van der Waals surface area contributed by atoms with E-state index in [4.69, 9.17) is 27.9 Å². The first-order chi connectivity index (χ1) is 10.9. The van der Waals surface area contributed by atoms with Gasteiger partial charge < -0.3 is 4.74 Å². The number of ether oxygens (including phenoxy) is 1. The molecule has 0 aliphatic carbocycles. The quantitative estimate of drug-likeness (QED) is 0.688. The number of methoxy groups -OCH3 is 1. The smallest absolute Gasteiger partial charge is 0.209 e. The van der Waals surface area contributed by atoms with Gasteiger partial charge in [0.15, 0.2) is 0 Å². The van der Waals surface area contributed by atoms with Gasteiger partial charge in [0.2, 0.25) is 9.84 Å². The van der Waals surface area contributed by atoms with E-state index in [-0.39, 0.29) is 14.8 Å². The van der Waals surface area contributed by atoms with Gasteiger partial charge in [-0.2, -0.15) is 0 Å². The lowest BCUT2D eigenvalue weighted by Gasteiger charge is -2.09. The Bertz CT molecular complexity index is 986. The van der Waals surface area contributed by atoms with E-state index < -0.39 is 9.84 Å². The molecule has 0 fully saturated rings. The van der Waals surface area contributed by atoms with E-state index >= 15 is 0 Å². The largest absolute Gasteiger partial charge is 0.497 e. The number of nitrogens with zero attached hydrogens (tertiary/aromatic N) is 1. The van der Waals surface area contributed by atoms with Gasteiger partial charge in [-0.1, -0.05) is 23.2 Å². The molecule has 1 heterocycles. The number of benzene rings is 2. The van der Waals surface area contributed by atoms with Crippen LogP contribution in [0.5, 0.6) is 5.75 Å². The van der Waals surface area contributed by atoms with Gasteiger partial charge >= 0.3 is 0 Å². The summed E-state index contributed by atoms with van der Waals surface area (Å²) in [6.07, 6.45) is 1.25. The van der Waals surface area contributed by atoms with Crippen molar-refractivity contribution in [2.24, 2.45) is 0 Å². The molecule has 23 heavy (non-hydrogen) atoms. The van der Waals surface area contributed by atoms with E-state index in [1.807, 2.05) is 0 Å². The maximum Gasteiger partial charge on any atom is 0.209 e. The fourth-order valence-corrected chi connectivity index (χ4v) is 4.15. The molecule has 0 bridgehead atoms. The minimum Gasteiger partial charge on any atom is -0.497 e. The van der Waals surface area contributed by atoms with Crippen LogP contribution < -0.4 is 4.74 Å². The van der Waals surface area contributed by atoms with Gasteiger partial charge in [0.25, 0.3) is 0 Å². The Kier molecular flexibility index (Phi) is 4.19. The SMILES string of the molecule is COc1ccc(S(=O)(=O)c2cnc3cc(Cl)ccc3c2Cl)cc1. The maximum atomic E-state index is 12.8. The molecule has 0 amide bonds. The number of aromatic nitrogens is 1. The fourth-order valence-electron chi connectivity index (χ4n) is 2.18. The van der Waals surface area contributed by atoms with Crippen molar-refractivity contribution in [3.05, 3.63) is 58.7 Å². The molecule has 0 aliphatic rings. The summed E-state index contributed by atoms with van der Waals surface area (Å²) in [5, 5.41) is 1.17. The minimum atomic E-state index is -3.78. The maximum absolute atomic E-state index is 12.8. The summed E-state index contributed by atoms with van der Waals surface area (Å²) in [6, 6.07) is 11.0. The molecule has 7 heteroatoms. The number of pyridine rings is 1. The molecule has 0 unspecified atom stereocenters. The zero-order valence-corrected chi connectivity index (χ0v) is 14.3. The van der Waals surface area contributed by atoms with Crippen molar-refractivity contribution in [3.63, 3.8) is 0 Å². The molecule has 3 rings (SSSR count). The van der Waals surface area contributed by atoms with Crippen LogP contribution in [-0.4, -0.2) is 20.5 Å². The summed E-state index contributed by atoms with van der Waals surface area (Å²) in [7, 11) is -2.27. The van der Waals surface area contributed by atoms with E-state index in [9.17, 15) is 8.42 Å². The van der Waals surface area contributed by atoms with Crippen LogP contribution in [-0.2, 0) is 9.84 Å². The van der Waals surface area contributed by atoms with Crippen molar-refractivity contribution in [2.75, 3.05) is 7.11 Å². The molecular weight excluding hydrogens is 357 g/mol. The third-order valence-corrected chi connectivity index (χ3v) is 5.93. The van der Waals surface area contributed by atoms with E-state index in [1.165, 1.54) is 25.4 Å². The lowest BCUT2D eigenvalue weighted by atomic mass is 10.2. The lowest BCUT2D eigenvalue weighted by Crippen LogP contribution is -2.04. The molecule has 4 nitrogen and oxygen atoms in total. The highest BCUT2D eigenvalue weighted by atomic mass is 35.5. The number of halogens is 2. The normalized spacial score (nSPS) is 11.6. The average molecular weight is 368 g/mol. The fraction of sp³-hybridized carbons (Fsp3) is 0.0625. The van der Waals surface area contributed by atoms with Crippen molar-refractivity contribution in [3.8, 4) is 5.75 Å². The van der Waals surface area contributed by atoms with Crippen molar-refractivity contribution in [2.45, 2.75) is 9.79 Å². The number of hydrogen-bond acceptors (Lipinski definition) is 4. The van der Waals surface area contributed by atoms with E-state index in [2.05, 4.69) is 4.98 Å². The number of fused-ring (bicyclic) bond motifs is 1. The summed E-state index contributed by atoms with van der Waals surface area (Å²) in [5.74, 6) is 0.571. The van der Waals surface area contributed by atoms with Crippen LogP contribution >= 0.6 is 23.2 Å². The predicted octanol–water partition coefficient (Wildman–Crippen LogP) is 4.38. The molecule has 118 valence electrons. The third kappa shape index (κ3) is 2.87. The first-order valence-electron chi connectivity index (χ1n) is 6.56. The van der Waals surface area contributed by atoms with Gasteiger partial charge in [-0.05, 0) is 42.5 Å². The van der Waals surface area contributed by atoms with Gasteiger partial charge in [0, 0.05) is 16.6 Å². The Morgan fingerprint density at radius 3 is 2.39 bits per heavy atom. The second kappa shape index (κ2) is 6.00. The first kappa shape index (κ1) is 16.1. The van der Waals surface area contributed by atoms with Crippen LogP contribution in [0.1, 0.15) is 0 Å². The standard InChI is InChI=1S/C16H11Cl2NO3S/c1-22-11-3-5-12(6-4-11)23(20,21)15-9-19-14-8-10(17)2-7-13(14)16(15)18/h2-9H,1H3. The Hall–Kier alpha value is -1.82. The summed E-state index contributed by atoms with van der Waals surface area (Å²) in [4.78, 5) is 4.23. The molecule has 3 aromatic rings. The highest BCUT2D eigenvalue weighted by Gasteiger charge is 2.23. The van der Waals surface area contributed by atoms with E-state index in [0.717, 1.165) is 0 Å². The van der Waals surface area contributed by atoms with Crippen LogP contribution in [0.4, 0.5) is 0 Å². The second-order valence-electron chi connectivity index (χ2n) is 4.78. The Morgan fingerprint density at radius 1 is 1.04 bits per heavy atom. The van der Waals surface area contributed by atoms with Gasteiger partial charge in [-0.25, -0.2) is 8.42 Å². The second-order valence-corrected chi connectivity index (χ2v) is 7.51. The molecule has 0 saturated heterocycles. The minimum absolute atomic E-state index is 0.0424. The van der Waals surface area contributed by atoms with Gasteiger partial charge in [-0.3, -0.25) is 4.98 Å². The molecule has 0 saturated carbocycles. The predicted molar refractivity (Wildman–Crippen MR) is 90.2 cm³/mol.